The lowest BCUT2D eigenvalue weighted by Gasteiger charge is -2.17. The van der Waals surface area contributed by atoms with E-state index < -0.39 is 11.8 Å². The highest BCUT2D eigenvalue weighted by molar-refractivity contribution is 5.96. The second-order valence-electron chi connectivity index (χ2n) is 5.19. The molecule has 20 heavy (non-hydrogen) atoms. The summed E-state index contributed by atoms with van der Waals surface area (Å²) in [5.41, 5.74) is 0.718. The number of anilines is 2. The van der Waals surface area contributed by atoms with Crippen LogP contribution in [0.2, 0.25) is 0 Å². The molecule has 2 fully saturated rings. The van der Waals surface area contributed by atoms with Gasteiger partial charge in [-0.1, -0.05) is 0 Å². The van der Waals surface area contributed by atoms with Gasteiger partial charge >= 0.3 is 6.03 Å². The summed E-state index contributed by atoms with van der Waals surface area (Å²) < 4.78 is 13.7. The molecule has 2 N–H and O–H groups in total. The van der Waals surface area contributed by atoms with Crippen molar-refractivity contribution >= 4 is 23.3 Å². The Kier molecular flexibility index (Phi) is 3.30. The molecule has 0 aromatic heterocycles. The van der Waals surface area contributed by atoms with Crippen LogP contribution in [0.15, 0.2) is 18.2 Å². The Bertz CT molecular complexity index is 557. The van der Waals surface area contributed by atoms with Crippen molar-refractivity contribution in [1.82, 2.24) is 5.32 Å². The molecule has 3 rings (SSSR count). The first-order chi connectivity index (χ1) is 9.63. The molecule has 0 bridgehead atoms. The number of rotatable bonds is 3. The molecule has 1 aromatic carbocycles. The fourth-order valence-corrected chi connectivity index (χ4v) is 2.27. The van der Waals surface area contributed by atoms with Crippen molar-refractivity contribution in [3.63, 3.8) is 0 Å². The van der Waals surface area contributed by atoms with Crippen LogP contribution < -0.4 is 15.5 Å². The van der Waals surface area contributed by atoms with Crippen LogP contribution >= 0.6 is 0 Å². The quantitative estimate of drug-likeness (QED) is 0.890. The monoisotopic (exact) mass is 277 g/mol. The lowest BCUT2D eigenvalue weighted by atomic mass is 10.2. The molecule has 3 amide bonds. The summed E-state index contributed by atoms with van der Waals surface area (Å²) in [5, 5.41) is 5.23. The zero-order chi connectivity index (χ0) is 14.1. The number of nitrogens with zero attached hydrogens (tertiary/aromatic N) is 1. The van der Waals surface area contributed by atoms with Gasteiger partial charge < -0.3 is 15.5 Å². The molecule has 1 saturated heterocycles. The molecule has 1 aliphatic heterocycles. The number of amides is 3. The summed E-state index contributed by atoms with van der Waals surface area (Å²) in [5.74, 6) is -0.476. The van der Waals surface area contributed by atoms with Crippen molar-refractivity contribution in [2.45, 2.75) is 31.7 Å². The fourth-order valence-electron chi connectivity index (χ4n) is 2.27. The van der Waals surface area contributed by atoms with Crippen LogP contribution in [-0.4, -0.2) is 24.5 Å². The van der Waals surface area contributed by atoms with Crippen molar-refractivity contribution in [1.29, 1.82) is 0 Å². The van der Waals surface area contributed by atoms with E-state index in [0.29, 0.717) is 18.7 Å². The molecule has 0 radical (unpaired) electrons. The van der Waals surface area contributed by atoms with Gasteiger partial charge in [0.2, 0.25) is 5.91 Å². The minimum absolute atomic E-state index is 0.0324. The van der Waals surface area contributed by atoms with Crippen LogP contribution in [0.5, 0.6) is 0 Å². The van der Waals surface area contributed by atoms with Gasteiger partial charge in [0.05, 0.1) is 5.69 Å². The largest absolute Gasteiger partial charge is 0.335 e. The Hall–Kier alpha value is -2.11. The number of nitrogens with one attached hydrogen (secondary N) is 2. The number of hydrogen-bond donors (Lipinski definition) is 2. The van der Waals surface area contributed by atoms with Crippen LogP contribution in [0.1, 0.15) is 25.7 Å². The van der Waals surface area contributed by atoms with E-state index >= 15 is 0 Å². The maximum atomic E-state index is 13.7. The maximum absolute atomic E-state index is 13.7. The van der Waals surface area contributed by atoms with E-state index in [0.717, 1.165) is 19.3 Å². The molecular weight excluding hydrogens is 261 g/mol. The van der Waals surface area contributed by atoms with Gasteiger partial charge in [-0.25, -0.2) is 9.18 Å². The molecule has 0 unspecified atom stereocenters. The summed E-state index contributed by atoms with van der Waals surface area (Å²) in [4.78, 5) is 24.9. The van der Waals surface area contributed by atoms with Gasteiger partial charge in [-0.2, -0.15) is 0 Å². The van der Waals surface area contributed by atoms with E-state index in [1.165, 1.54) is 12.1 Å². The number of urea groups is 1. The summed E-state index contributed by atoms with van der Waals surface area (Å²) >= 11 is 0. The van der Waals surface area contributed by atoms with E-state index in [1.807, 2.05) is 0 Å². The minimum atomic E-state index is -0.508. The van der Waals surface area contributed by atoms with Crippen LogP contribution in [0, 0.1) is 5.82 Å². The summed E-state index contributed by atoms with van der Waals surface area (Å²) in [6.07, 6.45) is 3.26. The Labute approximate surface area is 116 Å². The number of carbonyl (C=O) groups excluding carboxylic acids is 2. The fraction of sp³-hybridized carbons (Fsp3) is 0.429. The van der Waals surface area contributed by atoms with Crippen LogP contribution in [-0.2, 0) is 4.79 Å². The Morgan fingerprint density at radius 1 is 1.35 bits per heavy atom. The van der Waals surface area contributed by atoms with Gasteiger partial charge in [0.1, 0.15) is 5.82 Å². The van der Waals surface area contributed by atoms with E-state index in [-0.39, 0.29) is 17.6 Å². The highest BCUT2D eigenvalue weighted by Gasteiger charge is 2.25. The van der Waals surface area contributed by atoms with Gasteiger partial charge in [0, 0.05) is 24.7 Å². The summed E-state index contributed by atoms with van der Waals surface area (Å²) in [7, 11) is 0. The zero-order valence-corrected chi connectivity index (χ0v) is 11.0. The molecule has 6 heteroatoms. The average molecular weight is 277 g/mol. The summed E-state index contributed by atoms with van der Waals surface area (Å²) in [6, 6.07) is 4.14. The van der Waals surface area contributed by atoms with Crippen LogP contribution in [0.25, 0.3) is 0 Å². The molecule has 1 heterocycles. The van der Waals surface area contributed by atoms with Gasteiger partial charge in [0.15, 0.2) is 0 Å². The highest BCUT2D eigenvalue weighted by atomic mass is 19.1. The third kappa shape index (κ3) is 2.74. The summed E-state index contributed by atoms with van der Waals surface area (Å²) in [6.45, 7) is 0.637. The molecule has 2 aliphatic rings. The van der Waals surface area contributed by atoms with Crippen molar-refractivity contribution in [3.8, 4) is 0 Å². The second kappa shape index (κ2) is 5.11. The highest BCUT2D eigenvalue weighted by Crippen LogP contribution is 2.26. The SMILES string of the molecule is O=C(Nc1cc(N2CCCC2=O)ccc1F)NC1CC1. The van der Waals surface area contributed by atoms with Crippen LogP contribution in [0.3, 0.4) is 0 Å². The van der Waals surface area contributed by atoms with E-state index in [2.05, 4.69) is 10.6 Å². The van der Waals surface area contributed by atoms with E-state index in [4.69, 9.17) is 0 Å². The lowest BCUT2D eigenvalue weighted by molar-refractivity contribution is -0.117. The third-order valence-electron chi connectivity index (χ3n) is 3.50. The molecule has 1 aliphatic carbocycles. The molecule has 1 saturated carbocycles. The minimum Gasteiger partial charge on any atom is -0.335 e. The zero-order valence-electron chi connectivity index (χ0n) is 11.0. The van der Waals surface area contributed by atoms with Gasteiger partial charge in [0.25, 0.3) is 0 Å². The third-order valence-corrected chi connectivity index (χ3v) is 3.50. The van der Waals surface area contributed by atoms with E-state index in [9.17, 15) is 14.0 Å². The van der Waals surface area contributed by atoms with Crippen LogP contribution in [0.4, 0.5) is 20.6 Å². The van der Waals surface area contributed by atoms with Gasteiger partial charge in [-0.05, 0) is 37.5 Å². The van der Waals surface area contributed by atoms with Crippen molar-refractivity contribution in [2.75, 3.05) is 16.8 Å². The predicted octanol–water partition coefficient (Wildman–Crippen LogP) is 2.24. The van der Waals surface area contributed by atoms with Crippen molar-refractivity contribution in [2.24, 2.45) is 0 Å². The Morgan fingerprint density at radius 3 is 2.80 bits per heavy atom. The smallest absolute Gasteiger partial charge is 0.319 e. The first kappa shape index (κ1) is 12.9. The number of benzene rings is 1. The number of hydrogen-bond acceptors (Lipinski definition) is 2. The Morgan fingerprint density at radius 2 is 2.15 bits per heavy atom. The van der Waals surface area contributed by atoms with E-state index in [1.54, 1.807) is 11.0 Å². The molecule has 0 atom stereocenters. The molecular formula is C14H16FN3O2. The predicted molar refractivity (Wildman–Crippen MR) is 73.2 cm³/mol. The first-order valence-electron chi connectivity index (χ1n) is 6.81. The maximum Gasteiger partial charge on any atom is 0.319 e. The molecule has 106 valence electrons. The number of carbonyl (C=O) groups is 2. The first-order valence-corrected chi connectivity index (χ1v) is 6.81. The molecule has 5 nitrogen and oxygen atoms in total. The standard InChI is InChI=1S/C14H16FN3O2/c15-11-6-5-10(18-7-1-2-13(18)19)8-12(11)17-14(20)16-9-3-4-9/h5-6,8-9H,1-4,7H2,(H2,16,17,20). The lowest BCUT2D eigenvalue weighted by Crippen LogP contribution is -2.31. The van der Waals surface area contributed by atoms with Gasteiger partial charge in [-0.3, -0.25) is 4.79 Å². The van der Waals surface area contributed by atoms with Crippen molar-refractivity contribution in [3.05, 3.63) is 24.0 Å². The van der Waals surface area contributed by atoms with Gasteiger partial charge in [-0.15, -0.1) is 0 Å². The molecule has 0 spiro atoms. The normalized spacial score (nSPS) is 18.2. The average Bonchev–Trinajstić information content (AvgIpc) is 3.11. The second-order valence-corrected chi connectivity index (χ2v) is 5.19. The topological polar surface area (TPSA) is 61.4 Å². The van der Waals surface area contributed by atoms with Crippen molar-refractivity contribution < 1.29 is 14.0 Å². The Balaban J connectivity index is 1.75. The molecule has 1 aromatic rings. The number of halogens is 1.